The highest BCUT2D eigenvalue weighted by Crippen LogP contribution is 1.99. The van der Waals surface area contributed by atoms with Crippen LogP contribution in [-0.4, -0.2) is 32.8 Å². The van der Waals surface area contributed by atoms with Crippen LogP contribution >= 0.6 is 0 Å². The lowest BCUT2D eigenvalue weighted by Crippen LogP contribution is -1.99. The van der Waals surface area contributed by atoms with Gasteiger partial charge in [0.15, 0.2) is 0 Å². The summed E-state index contributed by atoms with van der Waals surface area (Å²) in [6, 6.07) is 0. The number of hydrogen-bond acceptors (Lipinski definition) is 6. The van der Waals surface area contributed by atoms with E-state index in [2.05, 4.69) is 14.8 Å². The summed E-state index contributed by atoms with van der Waals surface area (Å²) in [5, 5.41) is 13.8. The van der Waals surface area contributed by atoms with Gasteiger partial charge >= 0.3 is 11.9 Å². The summed E-state index contributed by atoms with van der Waals surface area (Å²) in [6.45, 7) is 0.218. The van der Waals surface area contributed by atoms with Crippen molar-refractivity contribution in [3.8, 4) is 0 Å². The highest BCUT2D eigenvalue weighted by Gasteiger charge is 2.11. The third-order valence-electron chi connectivity index (χ3n) is 1.44. The zero-order valence-electron chi connectivity index (χ0n) is 7.86. The summed E-state index contributed by atoms with van der Waals surface area (Å²) >= 11 is 0. The maximum absolute atomic E-state index is 10.7. The molecule has 0 amide bonds. The monoisotopic (exact) mass is 212 g/mol. The molecule has 1 aromatic rings. The summed E-state index contributed by atoms with van der Waals surface area (Å²) in [4.78, 5) is 23.6. The second kappa shape index (κ2) is 4.84. The molecule has 0 saturated heterocycles. The van der Waals surface area contributed by atoms with Gasteiger partial charge in [0.05, 0.1) is 13.7 Å². The van der Waals surface area contributed by atoms with E-state index in [1.807, 2.05) is 0 Å². The van der Waals surface area contributed by atoms with Crippen molar-refractivity contribution >= 4 is 11.9 Å². The van der Waals surface area contributed by atoms with E-state index in [-0.39, 0.29) is 6.54 Å². The number of rotatable bonds is 4. The van der Waals surface area contributed by atoms with Gasteiger partial charge in [0.1, 0.15) is 0 Å². The van der Waals surface area contributed by atoms with Crippen molar-refractivity contribution in [2.75, 3.05) is 7.11 Å². The number of aromatic nitrogens is 3. The van der Waals surface area contributed by atoms with Gasteiger partial charge in [0.2, 0.25) is 6.33 Å². The van der Waals surface area contributed by atoms with Gasteiger partial charge in [0.25, 0.3) is 0 Å². The largest absolute Gasteiger partial charge is 0.490 e. The van der Waals surface area contributed by atoms with Crippen LogP contribution in [-0.2, 0) is 16.1 Å². The summed E-state index contributed by atoms with van der Waals surface area (Å²) in [7, 11) is 1.26. The second-order valence-electron chi connectivity index (χ2n) is 2.45. The molecule has 8 heteroatoms. The number of carbonyl (C=O) groups excluding carboxylic acids is 1. The molecule has 0 unspecified atom stereocenters. The fraction of sp³-hybridized carbons (Fsp3) is 0.286. The maximum Gasteiger partial charge on any atom is 0.490 e. The van der Waals surface area contributed by atoms with Gasteiger partial charge in [-0.1, -0.05) is 11.1 Å². The number of carbonyl (C=O) groups is 1. The molecular formula is C7H8N4O4. The molecule has 0 radical (unpaired) electrons. The first-order valence-electron chi connectivity index (χ1n) is 3.92. The van der Waals surface area contributed by atoms with Gasteiger partial charge in [0, 0.05) is 11.2 Å². The SMILES string of the molecule is COC(=O)/C=C/Cn1cnc([N+](=O)[O-])n1. The van der Waals surface area contributed by atoms with Gasteiger partial charge < -0.3 is 14.9 Å². The fourth-order valence-electron chi connectivity index (χ4n) is 0.781. The molecule has 0 bridgehead atoms. The van der Waals surface area contributed by atoms with E-state index in [1.54, 1.807) is 0 Å². The predicted octanol–water partition coefficient (Wildman–Crippen LogP) is -0.0845. The van der Waals surface area contributed by atoms with Crippen LogP contribution in [0.4, 0.5) is 5.95 Å². The van der Waals surface area contributed by atoms with E-state index in [0.29, 0.717) is 0 Å². The van der Waals surface area contributed by atoms with Crippen molar-refractivity contribution in [1.82, 2.24) is 14.8 Å². The molecule has 0 saturated carbocycles. The highest BCUT2D eigenvalue weighted by atomic mass is 16.6. The molecule has 80 valence electrons. The van der Waals surface area contributed by atoms with Crippen molar-refractivity contribution in [2.24, 2.45) is 0 Å². The van der Waals surface area contributed by atoms with Gasteiger partial charge in [-0.2, -0.15) is 4.68 Å². The highest BCUT2D eigenvalue weighted by molar-refractivity contribution is 5.81. The molecule has 0 atom stereocenters. The number of ether oxygens (including phenoxy) is 1. The Morgan fingerprint density at radius 1 is 1.80 bits per heavy atom. The van der Waals surface area contributed by atoms with Crippen molar-refractivity contribution in [1.29, 1.82) is 0 Å². The molecule has 0 aromatic carbocycles. The summed E-state index contributed by atoms with van der Waals surface area (Å²) < 4.78 is 5.59. The lowest BCUT2D eigenvalue weighted by Gasteiger charge is -1.89. The summed E-state index contributed by atoms with van der Waals surface area (Å²) in [5.41, 5.74) is 0. The minimum Gasteiger partial charge on any atom is -0.466 e. The van der Waals surface area contributed by atoms with Gasteiger partial charge in [-0.05, 0) is 4.92 Å². The van der Waals surface area contributed by atoms with E-state index >= 15 is 0 Å². The Hall–Kier alpha value is -2.25. The first-order chi connectivity index (χ1) is 7.13. The van der Waals surface area contributed by atoms with Crippen LogP contribution in [0, 0.1) is 10.1 Å². The number of esters is 1. The molecule has 1 aromatic heterocycles. The molecule has 15 heavy (non-hydrogen) atoms. The van der Waals surface area contributed by atoms with Crippen molar-refractivity contribution < 1.29 is 14.5 Å². The van der Waals surface area contributed by atoms with E-state index in [4.69, 9.17) is 0 Å². The minimum absolute atomic E-state index is 0.218. The first-order valence-corrected chi connectivity index (χ1v) is 3.92. The first kappa shape index (κ1) is 10.8. The normalized spacial score (nSPS) is 10.5. The zero-order chi connectivity index (χ0) is 11.3. The van der Waals surface area contributed by atoms with Crippen LogP contribution in [0.15, 0.2) is 18.5 Å². The average Bonchev–Trinajstić information content (AvgIpc) is 2.66. The Morgan fingerprint density at radius 2 is 2.53 bits per heavy atom. The van der Waals surface area contributed by atoms with Crippen LogP contribution in [0.5, 0.6) is 0 Å². The van der Waals surface area contributed by atoms with Crippen LogP contribution < -0.4 is 0 Å². The Labute approximate surface area is 84.3 Å². The molecular weight excluding hydrogens is 204 g/mol. The average molecular weight is 212 g/mol. The van der Waals surface area contributed by atoms with E-state index in [9.17, 15) is 14.9 Å². The maximum atomic E-state index is 10.7. The topological polar surface area (TPSA) is 100 Å². The number of allylic oxidation sites excluding steroid dienone is 1. The van der Waals surface area contributed by atoms with E-state index in [1.165, 1.54) is 30.3 Å². The fourth-order valence-corrected chi connectivity index (χ4v) is 0.781. The number of methoxy groups -OCH3 is 1. The van der Waals surface area contributed by atoms with E-state index < -0.39 is 16.8 Å². The number of nitro groups is 1. The van der Waals surface area contributed by atoms with Crippen molar-refractivity contribution in [2.45, 2.75) is 6.54 Å². The predicted molar refractivity (Wildman–Crippen MR) is 47.8 cm³/mol. The van der Waals surface area contributed by atoms with Crippen LogP contribution in [0.2, 0.25) is 0 Å². The third kappa shape index (κ3) is 3.18. The molecule has 0 aliphatic heterocycles. The zero-order valence-corrected chi connectivity index (χ0v) is 7.86. The summed E-state index contributed by atoms with van der Waals surface area (Å²) in [6.07, 6.45) is 3.87. The second-order valence-corrected chi connectivity index (χ2v) is 2.45. The van der Waals surface area contributed by atoms with Gasteiger partial charge in [-0.3, -0.25) is 0 Å². The van der Waals surface area contributed by atoms with Crippen LogP contribution in [0.25, 0.3) is 0 Å². The van der Waals surface area contributed by atoms with Crippen LogP contribution in [0.3, 0.4) is 0 Å². The number of hydrogen-bond donors (Lipinski definition) is 0. The van der Waals surface area contributed by atoms with Gasteiger partial charge in [-0.15, -0.1) is 0 Å². The molecule has 8 nitrogen and oxygen atoms in total. The lowest BCUT2D eigenvalue weighted by atomic mass is 10.5. The quantitative estimate of drug-likeness (QED) is 0.299. The molecule has 1 heterocycles. The molecule has 1 rings (SSSR count). The Morgan fingerprint density at radius 3 is 3.07 bits per heavy atom. The Balaban J connectivity index is 2.55. The summed E-state index contributed by atoms with van der Waals surface area (Å²) in [5.74, 6) is -0.967. The molecule has 0 fully saturated rings. The Bertz CT molecular complexity index is 397. The molecule has 0 aliphatic carbocycles. The van der Waals surface area contributed by atoms with Crippen molar-refractivity contribution in [3.05, 3.63) is 28.6 Å². The lowest BCUT2D eigenvalue weighted by molar-refractivity contribution is -0.394. The smallest absolute Gasteiger partial charge is 0.466 e. The van der Waals surface area contributed by atoms with Crippen molar-refractivity contribution in [3.63, 3.8) is 0 Å². The minimum atomic E-state index is -0.694. The van der Waals surface area contributed by atoms with Crippen LogP contribution in [0.1, 0.15) is 0 Å². The molecule has 0 spiro atoms. The van der Waals surface area contributed by atoms with Gasteiger partial charge in [-0.25, -0.2) is 4.79 Å². The molecule has 0 N–H and O–H groups in total. The standard InChI is InChI=1S/C7H8N4O4/c1-15-6(12)3-2-4-10-5-8-7(9-10)11(13)14/h2-3,5H,4H2,1H3/b3-2+. The number of nitrogens with zero attached hydrogens (tertiary/aromatic N) is 4. The molecule has 0 aliphatic rings. The van der Waals surface area contributed by atoms with E-state index in [0.717, 1.165) is 0 Å². The third-order valence-corrected chi connectivity index (χ3v) is 1.44. The Kier molecular flexibility index (Phi) is 3.49.